The van der Waals surface area contributed by atoms with Gasteiger partial charge in [-0.1, -0.05) is 23.5 Å². The lowest BCUT2D eigenvalue weighted by atomic mass is 10.2. The Hall–Kier alpha value is -1.86. The van der Waals surface area contributed by atoms with Gasteiger partial charge >= 0.3 is 0 Å². The third-order valence-electron chi connectivity index (χ3n) is 3.25. The predicted octanol–water partition coefficient (Wildman–Crippen LogP) is 4.08. The lowest BCUT2D eigenvalue weighted by molar-refractivity contribution is 0.627. The van der Waals surface area contributed by atoms with Gasteiger partial charge in [0.1, 0.15) is 10.8 Å². The second kappa shape index (κ2) is 7.61. The fourth-order valence-electron chi connectivity index (χ4n) is 2.13. The molecule has 0 atom stereocenters. The lowest BCUT2D eigenvalue weighted by Gasteiger charge is -2.00. The van der Waals surface area contributed by atoms with Crippen LogP contribution in [0.2, 0.25) is 0 Å². The van der Waals surface area contributed by atoms with Gasteiger partial charge in [-0.25, -0.2) is 9.37 Å². The molecule has 4 nitrogen and oxygen atoms in total. The highest BCUT2D eigenvalue weighted by Crippen LogP contribution is 2.19. The van der Waals surface area contributed by atoms with Crippen LogP contribution in [0.3, 0.4) is 0 Å². The molecule has 3 aromatic rings. The van der Waals surface area contributed by atoms with Gasteiger partial charge in [0.15, 0.2) is 0 Å². The minimum Gasteiger partial charge on any atom is -0.360 e. The summed E-state index contributed by atoms with van der Waals surface area (Å²) in [7, 11) is 0. The van der Waals surface area contributed by atoms with E-state index >= 15 is 0 Å². The van der Waals surface area contributed by atoms with Crippen LogP contribution in [0.5, 0.6) is 0 Å². The second-order valence-corrected chi connectivity index (χ2v) is 7.22. The average molecular weight is 348 g/mol. The van der Waals surface area contributed by atoms with Gasteiger partial charge in [0.25, 0.3) is 0 Å². The molecule has 0 aliphatic rings. The molecule has 120 valence electrons. The maximum Gasteiger partial charge on any atom is 0.205 e. The first-order valence-electron chi connectivity index (χ1n) is 7.41. The van der Waals surface area contributed by atoms with E-state index in [0.29, 0.717) is 6.42 Å². The van der Waals surface area contributed by atoms with Crippen molar-refractivity contribution in [3.63, 3.8) is 0 Å². The molecule has 2 aromatic heterocycles. The van der Waals surface area contributed by atoms with Crippen molar-refractivity contribution in [3.8, 4) is 0 Å². The first-order valence-corrected chi connectivity index (χ1v) is 9.10. The van der Waals surface area contributed by atoms with Crippen LogP contribution in [0, 0.1) is 12.7 Å². The summed E-state index contributed by atoms with van der Waals surface area (Å²) in [6.45, 7) is 2.87. The van der Waals surface area contributed by atoms with Crippen molar-refractivity contribution in [1.82, 2.24) is 15.2 Å². The van der Waals surface area contributed by atoms with Crippen molar-refractivity contribution >= 4 is 27.8 Å². The van der Waals surface area contributed by atoms with Crippen LogP contribution in [0.4, 0.5) is 9.52 Å². The third-order valence-corrected chi connectivity index (χ3v) is 5.15. The summed E-state index contributed by atoms with van der Waals surface area (Å²) in [5.41, 5.74) is 2.13. The van der Waals surface area contributed by atoms with Gasteiger partial charge in [0.05, 0.1) is 5.01 Å². The first kappa shape index (κ1) is 16.0. The molecule has 1 aromatic carbocycles. The SMILES string of the molecule is Cc1csc(CCCNc2nnc(Cc3ccc(F)cc3)s2)n1. The molecule has 0 amide bonds. The van der Waals surface area contributed by atoms with Gasteiger partial charge in [-0.15, -0.1) is 21.5 Å². The molecule has 0 radical (unpaired) electrons. The van der Waals surface area contributed by atoms with Crippen molar-refractivity contribution in [2.75, 3.05) is 11.9 Å². The van der Waals surface area contributed by atoms with Crippen molar-refractivity contribution in [2.24, 2.45) is 0 Å². The summed E-state index contributed by atoms with van der Waals surface area (Å²) < 4.78 is 12.9. The Labute approximate surface area is 142 Å². The quantitative estimate of drug-likeness (QED) is 0.654. The molecule has 0 aliphatic carbocycles. The molecular formula is C16H17FN4S2. The number of hydrogen-bond donors (Lipinski definition) is 1. The van der Waals surface area contributed by atoms with Gasteiger partial charge in [0.2, 0.25) is 5.13 Å². The largest absolute Gasteiger partial charge is 0.360 e. The Kier molecular flexibility index (Phi) is 5.30. The van der Waals surface area contributed by atoms with Gasteiger partial charge in [0, 0.05) is 30.5 Å². The normalized spacial score (nSPS) is 10.9. The molecule has 3 rings (SSSR count). The molecule has 23 heavy (non-hydrogen) atoms. The fraction of sp³-hybridized carbons (Fsp3) is 0.312. The predicted molar refractivity (Wildman–Crippen MR) is 92.8 cm³/mol. The molecule has 0 spiro atoms. The number of halogens is 1. The van der Waals surface area contributed by atoms with Crippen molar-refractivity contribution < 1.29 is 4.39 Å². The molecule has 7 heteroatoms. The van der Waals surface area contributed by atoms with Crippen LogP contribution in [-0.2, 0) is 12.8 Å². The van der Waals surface area contributed by atoms with E-state index in [-0.39, 0.29) is 5.82 Å². The summed E-state index contributed by atoms with van der Waals surface area (Å²) in [6, 6.07) is 6.49. The zero-order chi connectivity index (χ0) is 16.1. The van der Waals surface area contributed by atoms with E-state index in [2.05, 4.69) is 25.9 Å². The number of rotatable bonds is 7. The van der Waals surface area contributed by atoms with Crippen LogP contribution >= 0.6 is 22.7 Å². The molecule has 0 bridgehead atoms. The van der Waals surface area contributed by atoms with E-state index in [0.717, 1.165) is 40.8 Å². The number of aromatic nitrogens is 3. The van der Waals surface area contributed by atoms with Gasteiger partial charge in [-0.3, -0.25) is 0 Å². The van der Waals surface area contributed by atoms with Crippen LogP contribution < -0.4 is 5.32 Å². The van der Waals surface area contributed by atoms with E-state index in [4.69, 9.17) is 0 Å². The molecule has 0 fully saturated rings. The number of anilines is 1. The minimum absolute atomic E-state index is 0.219. The zero-order valence-electron chi connectivity index (χ0n) is 12.8. The van der Waals surface area contributed by atoms with E-state index < -0.39 is 0 Å². The summed E-state index contributed by atoms with van der Waals surface area (Å²) in [4.78, 5) is 4.45. The molecule has 2 heterocycles. The Bertz CT molecular complexity index is 752. The molecule has 0 saturated heterocycles. The zero-order valence-corrected chi connectivity index (χ0v) is 14.4. The van der Waals surface area contributed by atoms with Crippen LogP contribution in [-0.4, -0.2) is 21.7 Å². The van der Waals surface area contributed by atoms with Crippen molar-refractivity contribution in [3.05, 3.63) is 56.7 Å². The summed E-state index contributed by atoms with van der Waals surface area (Å²) in [5.74, 6) is -0.219. The molecule has 0 aliphatic heterocycles. The number of hydrogen-bond acceptors (Lipinski definition) is 6. The highest BCUT2D eigenvalue weighted by atomic mass is 32.1. The Morgan fingerprint density at radius 1 is 1.13 bits per heavy atom. The summed E-state index contributed by atoms with van der Waals surface area (Å²) in [6.07, 6.45) is 2.67. The van der Waals surface area contributed by atoms with E-state index in [9.17, 15) is 4.39 Å². The summed E-state index contributed by atoms with van der Waals surface area (Å²) in [5, 5.41) is 16.6. The monoisotopic (exact) mass is 348 g/mol. The Balaban J connectivity index is 1.44. The minimum atomic E-state index is -0.219. The number of nitrogens with zero attached hydrogens (tertiary/aromatic N) is 3. The summed E-state index contributed by atoms with van der Waals surface area (Å²) >= 11 is 3.25. The molecular weight excluding hydrogens is 331 g/mol. The van der Waals surface area contributed by atoms with Crippen LogP contribution in [0.25, 0.3) is 0 Å². The number of benzene rings is 1. The number of thiazole rings is 1. The van der Waals surface area contributed by atoms with E-state index in [1.807, 2.05) is 6.92 Å². The van der Waals surface area contributed by atoms with Crippen LogP contribution in [0.15, 0.2) is 29.6 Å². The standard InChI is InChI=1S/C16H17FN4S2/c1-11-10-22-14(19-11)3-2-8-18-16-21-20-15(23-16)9-12-4-6-13(17)7-5-12/h4-7,10H,2-3,8-9H2,1H3,(H,18,21). The fourth-order valence-corrected chi connectivity index (χ4v) is 3.74. The van der Waals surface area contributed by atoms with E-state index in [1.165, 1.54) is 17.1 Å². The topological polar surface area (TPSA) is 50.7 Å². The second-order valence-electron chi connectivity index (χ2n) is 5.22. The average Bonchev–Trinajstić information content (AvgIpc) is 3.15. The van der Waals surface area contributed by atoms with Crippen LogP contribution in [0.1, 0.15) is 27.7 Å². The number of aryl methyl sites for hydroxylation is 2. The Morgan fingerprint density at radius 3 is 2.70 bits per heavy atom. The van der Waals surface area contributed by atoms with Crippen molar-refractivity contribution in [1.29, 1.82) is 0 Å². The maximum atomic E-state index is 12.9. The Morgan fingerprint density at radius 2 is 1.96 bits per heavy atom. The highest BCUT2D eigenvalue weighted by Gasteiger charge is 2.05. The first-order chi connectivity index (χ1) is 11.2. The van der Waals surface area contributed by atoms with E-state index in [1.54, 1.807) is 34.8 Å². The van der Waals surface area contributed by atoms with Gasteiger partial charge in [-0.05, 0) is 31.0 Å². The van der Waals surface area contributed by atoms with Gasteiger partial charge in [-0.2, -0.15) is 0 Å². The smallest absolute Gasteiger partial charge is 0.205 e. The lowest BCUT2D eigenvalue weighted by Crippen LogP contribution is -2.02. The molecule has 0 saturated carbocycles. The van der Waals surface area contributed by atoms with Crippen molar-refractivity contribution in [2.45, 2.75) is 26.2 Å². The third kappa shape index (κ3) is 4.80. The molecule has 1 N–H and O–H groups in total. The van der Waals surface area contributed by atoms with Gasteiger partial charge < -0.3 is 5.32 Å². The molecule has 0 unspecified atom stereocenters. The maximum absolute atomic E-state index is 12.9. The highest BCUT2D eigenvalue weighted by molar-refractivity contribution is 7.15. The number of nitrogens with one attached hydrogen (secondary N) is 1.